The van der Waals surface area contributed by atoms with Gasteiger partial charge in [-0.05, 0) is 64.3 Å². The molecule has 0 nitrogen and oxygen atoms in total. The summed E-state index contributed by atoms with van der Waals surface area (Å²) in [5, 5.41) is 0. The van der Waals surface area contributed by atoms with Gasteiger partial charge in [0.2, 0.25) is 0 Å². The van der Waals surface area contributed by atoms with Crippen molar-refractivity contribution in [2.75, 3.05) is 0 Å². The molecule has 0 N–H and O–H groups in total. The van der Waals surface area contributed by atoms with Gasteiger partial charge in [0.1, 0.15) is 0 Å². The first-order chi connectivity index (χ1) is 13.9. The molecule has 0 aliphatic rings. The van der Waals surface area contributed by atoms with Crippen LogP contribution in [0, 0.1) is 5.92 Å². The summed E-state index contributed by atoms with van der Waals surface area (Å²) in [6, 6.07) is 18.3. The van der Waals surface area contributed by atoms with Crippen LogP contribution in [0.2, 0.25) is 0 Å². The maximum absolute atomic E-state index is 4.15. The molecule has 0 fully saturated rings. The van der Waals surface area contributed by atoms with Crippen molar-refractivity contribution in [2.45, 2.75) is 76.0 Å². The quantitative estimate of drug-likeness (QED) is 0.325. The van der Waals surface area contributed by atoms with Crippen LogP contribution in [0.15, 0.2) is 94.1 Å². The molecular weight excluding hydrogens is 380 g/mol. The fourth-order valence-electron chi connectivity index (χ4n) is 3.18. The van der Waals surface area contributed by atoms with E-state index < -0.39 is 0 Å². The second-order valence-corrected chi connectivity index (χ2v) is 12.3. The second kappa shape index (κ2) is 9.88. The minimum atomic E-state index is -0.182. The first kappa shape index (κ1) is 24.3. The molecule has 0 aliphatic carbocycles. The number of benzene rings is 2. The molecule has 2 rings (SSSR count). The van der Waals surface area contributed by atoms with E-state index in [4.69, 9.17) is 0 Å². The third-order valence-electron chi connectivity index (χ3n) is 5.11. The topological polar surface area (TPSA) is 0 Å². The van der Waals surface area contributed by atoms with E-state index in [0.29, 0.717) is 5.92 Å². The van der Waals surface area contributed by atoms with Crippen LogP contribution in [0.25, 0.3) is 0 Å². The Morgan fingerprint density at radius 3 is 1.47 bits per heavy atom. The van der Waals surface area contributed by atoms with Gasteiger partial charge in [-0.1, -0.05) is 98.4 Å². The standard InChI is InChI=1S/C29H39S/c1-10-25(13-11-12-22(2)3)30(26-18-14-23(15-19-26)28(4,5)6)27-20-16-24(17-21-27)29(7,8)9/h10-22H,1H2,2-9H3/q+1/b12-11+,25-13+. The minimum Gasteiger partial charge on any atom is -0.0940 e. The second-order valence-electron chi connectivity index (χ2n) is 10.3. The van der Waals surface area contributed by atoms with E-state index in [1.807, 2.05) is 6.08 Å². The highest BCUT2D eigenvalue weighted by Gasteiger charge is 2.30. The maximum atomic E-state index is 4.15. The third-order valence-corrected chi connectivity index (χ3v) is 7.37. The van der Waals surface area contributed by atoms with Crippen LogP contribution in [0.1, 0.15) is 66.5 Å². The van der Waals surface area contributed by atoms with Crippen molar-refractivity contribution in [3.63, 3.8) is 0 Å². The summed E-state index contributed by atoms with van der Waals surface area (Å²) in [5.74, 6) is 0.534. The number of rotatable bonds is 6. The molecule has 0 bridgehead atoms. The number of hydrogen-bond donors (Lipinski definition) is 0. The van der Waals surface area contributed by atoms with Gasteiger partial charge in [0.25, 0.3) is 0 Å². The van der Waals surface area contributed by atoms with E-state index >= 15 is 0 Å². The molecule has 0 spiro atoms. The molecule has 2 aromatic rings. The van der Waals surface area contributed by atoms with Gasteiger partial charge in [0.05, 0.1) is 10.9 Å². The van der Waals surface area contributed by atoms with Crippen LogP contribution in [-0.4, -0.2) is 0 Å². The molecule has 0 atom stereocenters. The van der Waals surface area contributed by atoms with Crippen molar-refractivity contribution in [3.8, 4) is 0 Å². The monoisotopic (exact) mass is 419 g/mol. The predicted octanol–water partition coefficient (Wildman–Crippen LogP) is 8.60. The summed E-state index contributed by atoms with van der Waals surface area (Å²) in [7, 11) is -0.182. The zero-order valence-corrected chi connectivity index (χ0v) is 20.9. The van der Waals surface area contributed by atoms with Gasteiger partial charge < -0.3 is 0 Å². The molecule has 0 heterocycles. The summed E-state index contributed by atoms with van der Waals surface area (Å²) >= 11 is 0. The van der Waals surface area contributed by atoms with Gasteiger partial charge in [0, 0.05) is 0 Å². The first-order valence-corrected chi connectivity index (χ1v) is 12.1. The molecule has 0 aromatic heterocycles. The van der Waals surface area contributed by atoms with E-state index in [9.17, 15) is 0 Å². The molecule has 0 aliphatic heterocycles. The Labute approximate surface area is 188 Å². The molecule has 30 heavy (non-hydrogen) atoms. The lowest BCUT2D eigenvalue weighted by Crippen LogP contribution is -2.13. The van der Waals surface area contributed by atoms with E-state index in [-0.39, 0.29) is 21.7 Å². The fourth-order valence-corrected chi connectivity index (χ4v) is 5.20. The first-order valence-electron chi connectivity index (χ1n) is 10.9. The summed E-state index contributed by atoms with van der Waals surface area (Å²) in [5.41, 5.74) is 3.04. The lowest BCUT2D eigenvalue weighted by molar-refractivity contribution is 0.589. The Hall–Kier alpha value is -1.99. The molecule has 0 saturated carbocycles. The fraction of sp³-hybridized carbons (Fsp3) is 0.379. The summed E-state index contributed by atoms with van der Waals surface area (Å²) in [6.45, 7) is 22.1. The van der Waals surface area contributed by atoms with E-state index in [1.54, 1.807) is 0 Å². The van der Waals surface area contributed by atoms with Crippen LogP contribution in [0.3, 0.4) is 0 Å². The van der Waals surface area contributed by atoms with E-state index in [2.05, 4.69) is 129 Å². The van der Waals surface area contributed by atoms with Crippen LogP contribution in [0.5, 0.6) is 0 Å². The van der Waals surface area contributed by atoms with Crippen LogP contribution in [0.4, 0.5) is 0 Å². The minimum absolute atomic E-state index is 0.155. The third kappa shape index (κ3) is 6.51. The Balaban J connectivity index is 2.56. The summed E-state index contributed by atoms with van der Waals surface area (Å²) in [6.07, 6.45) is 8.65. The average molecular weight is 420 g/mol. The lowest BCUT2D eigenvalue weighted by Gasteiger charge is -2.20. The van der Waals surface area contributed by atoms with Gasteiger partial charge in [-0.15, -0.1) is 0 Å². The largest absolute Gasteiger partial charge is 0.166 e. The van der Waals surface area contributed by atoms with Crippen LogP contribution in [-0.2, 0) is 21.7 Å². The molecule has 1 heteroatoms. The van der Waals surface area contributed by atoms with E-state index in [1.165, 1.54) is 25.8 Å². The molecule has 0 amide bonds. The Morgan fingerprint density at radius 2 is 1.17 bits per heavy atom. The van der Waals surface area contributed by atoms with Crippen molar-refractivity contribution < 1.29 is 0 Å². The molecule has 2 aromatic carbocycles. The summed E-state index contributed by atoms with van der Waals surface area (Å²) < 4.78 is 0. The highest BCUT2D eigenvalue weighted by Crippen LogP contribution is 2.34. The zero-order valence-electron chi connectivity index (χ0n) is 20.1. The van der Waals surface area contributed by atoms with E-state index in [0.717, 1.165) is 0 Å². The number of hydrogen-bond acceptors (Lipinski definition) is 0. The maximum Gasteiger partial charge on any atom is 0.166 e. The molecule has 0 radical (unpaired) electrons. The van der Waals surface area contributed by atoms with Gasteiger partial charge in [0.15, 0.2) is 14.7 Å². The van der Waals surface area contributed by atoms with Gasteiger partial charge in [-0.3, -0.25) is 0 Å². The van der Waals surface area contributed by atoms with Gasteiger partial charge in [-0.25, -0.2) is 0 Å². The average Bonchev–Trinajstić information content (AvgIpc) is 2.66. The summed E-state index contributed by atoms with van der Waals surface area (Å²) in [4.78, 5) is 3.91. The van der Waals surface area contributed by atoms with Crippen molar-refractivity contribution in [2.24, 2.45) is 5.92 Å². The zero-order chi connectivity index (χ0) is 22.5. The molecular formula is C29H39S+. The lowest BCUT2D eigenvalue weighted by atomic mass is 9.87. The van der Waals surface area contributed by atoms with Crippen LogP contribution >= 0.6 is 0 Å². The Kier molecular flexibility index (Phi) is 7.99. The molecule has 160 valence electrons. The van der Waals surface area contributed by atoms with Crippen molar-refractivity contribution in [1.29, 1.82) is 0 Å². The van der Waals surface area contributed by atoms with Crippen molar-refractivity contribution in [3.05, 3.63) is 95.4 Å². The van der Waals surface area contributed by atoms with Crippen LogP contribution < -0.4 is 0 Å². The van der Waals surface area contributed by atoms with Crippen molar-refractivity contribution >= 4 is 10.9 Å². The highest BCUT2D eigenvalue weighted by atomic mass is 32.2. The smallest absolute Gasteiger partial charge is 0.0940 e. The Morgan fingerprint density at radius 1 is 0.767 bits per heavy atom. The SMILES string of the molecule is C=C/C(=C\C=C\C(C)C)[S+](c1ccc(C(C)(C)C)cc1)c1ccc(C(C)(C)C)cc1. The normalized spacial score (nSPS) is 13.5. The predicted molar refractivity (Wildman–Crippen MR) is 136 cm³/mol. The molecule has 0 saturated heterocycles. The number of allylic oxidation sites excluding steroid dienone is 4. The van der Waals surface area contributed by atoms with Gasteiger partial charge in [-0.2, -0.15) is 0 Å². The highest BCUT2D eigenvalue weighted by molar-refractivity contribution is 8.00. The van der Waals surface area contributed by atoms with Crippen molar-refractivity contribution in [1.82, 2.24) is 0 Å². The molecule has 0 unspecified atom stereocenters. The van der Waals surface area contributed by atoms with Gasteiger partial charge >= 0.3 is 0 Å². The Bertz CT molecular complexity index is 822.